The molecule has 0 saturated heterocycles. The summed E-state index contributed by atoms with van der Waals surface area (Å²) in [6.07, 6.45) is 8.32. The van der Waals surface area contributed by atoms with Gasteiger partial charge in [0.1, 0.15) is 0 Å². The fourth-order valence-electron chi connectivity index (χ4n) is 3.15. The fraction of sp³-hybridized carbons (Fsp3) is 0.333. The molecule has 5 nitrogen and oxygen atoms in total. The molecule has 1 aliphatic carbocycles. The van der Waals surface area contributed by atoms with Crippen LogP contribution in [0.15, 0.2) is 24.3 Å². The smallest absolute Gasteiger partial charge is 0.308 e. The normalized spacial score (nSPS) is 19.0. The van der Waals surface area contributed by atoms with E-state index < -0.39 is 0 Å². The average Bonchev–Trinajstić information content (AvgIpc) is 2.94. The van der Waals surface area contributed by atoms with Gasteiger partial charge in [-0.05, 0) is 25.0 Å². The standard InChI is InChI=1S/C17H19NO3.CO.Fe/c1-9-10(2)16(20-4)17(21-11(3)19)14-12-7-5-6-8-13(12)18-15(9)14;1-2;/h5-8,12-13,18H,1-4H3;;/t12-,13+;;/m0../s1. The predicted molar refractivity (Wildman–Crippen MR) is 87.9 cm³/mol. The van der Waals surface area contributed by atoms with Crippen molar-refractivity contribution in [3.63, 3.8) is 0 Å². The van der Waals surface area contributed by atoms with E-state index in [1.807, 2.05) is 19.1 Å². The van der Waals surface area contributed by atoms with Crippen molar-refractivity contribution in [1.82, 2.24) is 0 Å². The molecule has 0 aromatic heterocycles. The third-order valence-electron chi connectivity index (χ3n) is 4.23. The van der Waals surface area contributed by atoms with Crippen LogP contribution < -0.4 is 14.8 Å². The summed E-state index contributed by atoms with van der Waals surface area (Å²) in [6, 6.07) is 0.199. The van der Waals surface area contributed by atoms with Gasteiger partial charge < -0.3 is 14.8 Å². The number of methoxy groups -OCH3 is 1. The number of anilines is 1. The van der Waals surface area contributed by atoms with Crippen molar-refractivity contribution < 1.29 is 36.1 Å². The summed E-state index contributed by atoms with van der Waals surface area (Å²) in [5.41, 5.74) is 4.19. The summed E-state index contributed by atoms with van der Waals surface area (Å²) in [4.78, 5) is 19.0. The SMILES string of the molecule is COc1c(C)c(C)c2c(c1OC(C)=O)[C@H]1C=CC=C[C@H]1N2.[C]=O.[Fe]. The molecule has 0 bridgehead atoms. The van der Waals surface area contributed by atoms with Gasteiger partial charge in [-0.2, -0.15) is 0 Å². The molecule has 0 unspecified atom stereocenters. The van der Waals surface area contributed by atoms with Crippen molar-refractivity contribution in [3.05, 3.63) is 41.0 Å². The summed E-state index contributed by atoms with van der Waals surface area (Å²) < 4.78 is 11.0. The van der Waals surface area contributed by atoms with Crippen LogP contribution in [0, 0.1) is 13.8 Å². The Morgan fingerprint density at radius 3 is 2.33 bits per heavy atom. The molecule has 0 amide bonds. The van der Waals surface area contributed by atoms with E-state index in [-0.39, 0.29) is 35.0 Å². The Balaban J connectivity index is 0.000000925. The molecule has 0 spiro atoms. The quantitative estimate of drug-likeness (QED) is 0.494. The number of carbonyl (C=O) groups is 1. The number of benzene rings is 1. The van der Waals surface area contributed by atoms with Gasteiger partial charge in [0.2, 0.25) is 0 Å². The Morgan fingerprint density at radius 1 is 1.12 bits per heavy atom. The molecule has 1 aromatic carbocycles. The second kappa shape index (κ2) is 8.17. The molecule has 24 heavy (non-hydrogen) atoms. The van der Waals surface area contributed by atoms with Crippen LogP contribution in [0.3, 0.4) is 0 Å². The van der Waals surface area contributed by atoms with Crippen LogP contribution in [0.1, 0.15) is 29.5 Å². The molecule has 6 heteroatoms. The van der Waals surface area contributed by atoms with Crippen molar-refractivity contribution in [1.29, 1.82) is 0 Å². The summed E-state index contributed by atoms with van der Waals surface area (Å²) in [6.45, 7) is 9.96. The second-order valence-corrected chi connectivity index (χ2v) is 5.46. The van der Waals surface area contributed by atoms with E-state index in [2.05, 4.69) is 31.2 Å². The van der Waals surface area contributed by atoms with Crippen LogP contribution in [-0.4, -0.2) is 25.9 Å². The van der Waals surface area contributed by atoms with Gasteiger partial charge in [-0.3, -0.25) is 9.59 Å². The molecular weight excluding hydrogens is 350 g/mol. The molecule has 1 N–H and O–H groups in total. The van der Waals surface area contributed by atoms with Crippen LogP contribution in [0.4, 0.5) is 5.69 Å². The van der Waals surface area contributed by atoms with E-state index in [1.54, 1.807) is 7.11 Å². The predicted octanol–water partition coefficient (Wildman–Crippen LogP) is 2.84. The monoisotopic (exact) mass is 369 g/mol. The van der Waals surface area contributed by atoms with Gasteiger partial charge in [0, 0.05) is 41.2 Å². The van der Waals surface area contributed by atoms with Gasteiger partial charge in [0.05, 0.1) is 13.2 Å². The molecule has 0 saturated carbocycles. The molecule has 1 aliphatic heterocycles. The second-order valence-electron chi connectivity index (χ2n) is 5.46. The van der Waals surface area contributed by atoms with Crippen molar-refractivity contribution >= 4 is 18.4 Å². The number of esters is 1. The summed E-state index contributed by atoms with van der Waals surface area (Å²) in [5.74, 6) is 1.01. The van der Waals surface area contributed by atoms with Gasteiger partial charge >= 0.3 is 5.97 Å². The number of rotatable bonds is 2. The third kappa shape index (κ3) is 3.25. The zero-order valence-corrected chi connectivity index (χ0v) is 15.1. The first-order valence-corrected chi connectivity index (χ1v) is 7.26. The number of nitrogens with one attached hydrogen (secondary N) is 1. The molecule has 2 radical (unpaired) electrons. The number of hydrogen-bond donors (Lipinski definition) is 1. The van der Waals surface area contributed by atoms with Crippen LogP contribution >= 0.6 is 0 Å². The summed E-state index contributed by atoms with van der Waals surface area (Å²) >= 11 is 0. The molecule has 0 fully saturated rings. The number of fused-ring (bicyclic) bond motifs is 3. The molecule has 1 heterocycles. The Labute approximate surface area is 152 Å². The van der Waals surface area contributed by atoms with Gasteiger partial charge in [-0.25, -0.2) is 0 Å². The van der Waals surface area contributed by atoms with E-state index in [1.165, 1.54) is 6.92 Å². The average molecular weight is 369 g/mol. The van der Waals surface area contributed by atoms with E-state index in [0.717, 1.165) is 22.4 Å². The van der Waals surface area contributed by atoms with Crippen LogP contribution in [0.25, 0.3) is 0 Å². The maximum atomic E-state index is 11.5. The Bertz CT molecular complexity index is 697. The van der Waals surface area contributed by atoms with Crippen molar-refractivity contribution in [2.24, 2.45) is 0 Å². The molecule has 2 atom stereocenters. The number of hydrogen-bond acceptors (Lipinski definition) is 5. The number of ether oxygens (including phenoxy) is 2. The van der Waals surface area contributed by atoms with Crippen molar-refractivity contribution in [2.45, 2.75) is 32.7 Å². The largest absolute Gasteiger partial charge is 0.493 e. The Hall–Kier alpha value is -2.04. The zero-order chi connectivity index (χ0) is 17.1. The van der Waals surface area contributed by atoms with Crippen molar-refractivity contribution in [3.8, 4) is 11.5 Å². The van der Waals surface area contributed by atoms with Crippen molar-refractivity contribution in [2.75, 3.05) is 12.4 Å². The maximum Gasteiger partial charge on any atom is 0.308 e. The molecule has 3 rings (SSSR count). The van der Waals surface area contributed by atoms with Gasteiger partial charge in [-0.15, -0.1) is 0 Å². The summed E-state index contributed by atoms with van der Waals surface area (Å²) in [7, 11) is 1.61. The minimum Gasteiger partial charge on any atom is -0.493 e. The molecule has 128 valence electrons. The van der Waals surface area contributed by atoms with Gasteiger partial charge in [0.15, 0.2) is 11.5 Å². The van der Waals surface area contributed by atoms with Gasteiger partial charge in [0.25, 0.3) is 6.79 Å². The first-order chi connectivity index (χ1) is 11.0. The maximum absolute atomic E-state index is 11.5. The van der Waals surface area contributed by atoms with Gasteiger partial charge in [-0.1, -0.05) is 24.3 Å². The van der Waals surface area contributed by atoms with Crippen LogP contribution in [-0.2, 0) is 26.7 Å². The number of carbonyl (C=O) groups excluding carboxylic acids is 2. The topological polar surface area (TPSA) is 64.6 Å². The van der Waals surface area contributed by atoms with E-state index in [4.69, 9.17) is 14.3 Å². The van der Waals surface area contributed by atoms with Crippen LogP contribution in [0.2, 0.25) is 0 Å². The van der Waals surface area contributed by atoms with E-state index in [9.17, 15) is 4.79 Å². The molecule has 2 aliphatic rings. The first-order valence-electron chi connectivity index (χ1n) is 7.26. The summed E-state index contributed by atoms with van der Waals surface area (Å²) in [5, 5.41) is 3.53. The van der Waals surface area contributed by atoms with E-state index >= 15 is 0 Å². The number of allylic oxidation sites excluding steroid dienone is 2. The third-order valence-corrected chi connectivity index (χ3v) is 4.23. The minimum atomic E-state index is -0.336. The molecular formula is C18H19FeNO4. The minimum absolute atomic E-state index is 0. The molecule has 1 aromatic rings. The van der Waals surface area contributed by atoms with E-state index in [0.29, 0.717) is 11.5 Å². The zero-order valence-electron chi connectivity index (χ0n) is 14.0. The van der Waals surface area contributed by atoms with Crippen LogP contribution in [0.5, 0.6) is 11.5 Å². The first kappa shape index (κ1) is 20.0. The Morgan fingerprint density at radius 2 is 1.75 bits per heavy atom. The Kier molecular flexibility index (Phi) is 6.81. The fourth-order valence-corrected chi connectivity index (χ4v) is 3.15.